The van der Waals surface area contributed by atoms with Gasteiger partial charge >= 0.3 is 0 Å². The Hall–Kier alpha value is -0.120. The predicted octanol–water partition coefficient (Wildman–Crippen LogP) is 1.92. The highest BCUT2D eigenvalue weighted by molar-refractivity contribution is 4.85. The van der Waals surface area contributed by atoms with Crippen molar-refractivity contribution in [1.29, 1.82) is 0 Å². The molecule has 1 unspecified atom stereocenters. The molecule has 3 N–H and O–H groups in total. The standard InChI is InChI=1S/C14H29NO2/c1-13(2,3)11-5-7-12(8-6-11)15-9-14(4,17)10-16/h11-12,15-17H,5-10H2,1-4H3. The molecule has 1 saturated carbocycles. The van der Waals surface area contributed by atoms with Gasteiger partial charge in [-0.2, -0.15) is 0 Å². The van der Waals surface area contributed by atoms with Crippen molar-refractivity contribution in [3.8, 4) is 0 Å². The van der Waals surface area contributed by atoms with E-state index in [2.05, 4.69) is 26.1 Å². The van der Waals surface area contributed by atoms with Crippen LogP contribution in [0.25, 0.3) is 0 Å². The molecule has 1 fully saturated rings. The van der Waals surface area contributed by atoms with Crippen LogP contribution in [0.15, 0.2) is 0 Å². The van der Waals surface area contributed by atoms with E-state index < -0.39 is 5.60 Å². The fourth-order valence-corrected chi connectivity index (χ4v) is 2.58. The van der Waals surface area contributed by atoms with Crippen molar-refractivity contribution < 1.29 is 10.2 Å². The summed E-state index contributed by atoms with van der Waals surface area (Å²) in [4.78, 5) is 0. The minimum atomic E-state index is -0.985. The number of aliphatic hydroxyl groups excluding tert-OH is 1. The van der Waals surface area contributed by atoms with E-state index >= 15 is 0 Å². The molecule has 3 heteroatoms. The third kappa shape index (κ3) is 4.94. The van der Waals surface area contributed by atoms with E-state index in [9.17, 15) is 5.11 Å². The van der Waals surface area contributed by atoms with Crippen LogP contribution in [0.4, 0.5) is 0 Å². The van der Waals surface area contributed by atoms with Crippen LogP contribution < -0.4 is 5.32 Å². The van der Waals surface area contributed by atoms with Crippen molar-refractivity contribution >= 4 is 0 Å². The molecule has 1 aliphatic carbocycles. The molecule has 0 saturated heterocycles. The van der Waals surface area contributed by atoms with Crippen LogP contribution in [-0.2, 0) is 0 Å². The highest BCUT2D eigenvalue weighted by atomic mass is 16.3. The van der Waals surface area contributed by atoms with Crippen LogP contribution in [0.1, 0.15) is 53.4 Å². The van der Waals surface area contributed by atoms with Gasteiger partial charge in [0, 0.05) is 12.6 Å². The summed E-state index contributed by atoms with van der Waals surface area (Å²) < 4.78 is 0. The highest BCUT2D eigenvalue weighted by Crippen LogP contribution is 2.37. The van der Waals surface area contributed by atoms with Crippen molar-refractivity contribution in [3.63, 3.8) is 0 Å². The van der Waals surface area contributed by atoms with Crippen LogP contribution in [-0.4, -0.2) is 35.0 Å². The van der Waals surface area contributed by atoms with E-state index in [0.29, 0.717) is 18.0 Å². The molecule has 1 rings (SSSR count). The van der Waals surface area contributed by atoms with E-state index in [1.54, 1.807) is 6.92 Å². The van der Waals surface area contributed by atoms with Crippen molar-refractivity contribution in [2.24, 2.45) is 11.3 Å². The second-order valence-corrected chi connectivity index (χ2v) is 6.95. The van der Waals surface area contributed by atoms with Gasteiger partial charge in [-0.3, -0.25) is 0 Å². The summed E-state index contributed by atoms with van der Waals surface area (Å²) in [5, 5.41) is 22.1. The number of hydrogen-bond donors (Lipinski definition) is 3. The molecule has 0 aromatic carbocycles. The summed E-state index contributed by atoms with van der Waals surface area (Å²) in [5.41, 5.74) is -0.567. The molecule has 0 spiro atoms. The molecule has 102 valence electrons. The molecule has 0 bridgehead atoms. The lowest BCUT2D eigenvalue weighted by Crippen LogP contribution is -2.46. The van der Waals surface area contributed by atoms with Gasteiger partial charge in [0.15, 0.2) is 0 Å². The highest BCUT2D eigenvalue weighted by Gasteiger charge is 2.30. The fraction of sp³-hybridized carbons (Fsp3) is 1.00. The summed E-state index contributed by atoms with van der Waals surface area (Å²) in [5.74, 6) is 0.818. The van der Waals surface area contributed by atoms with Crippen LogP contribution in [0.5, 0.6) is 0 Å². The quantitative estimate of drug-likeness (QED) is 0.707. The SMILES string of the molecule is CC(O)(CO)CNC1CCC(C(C)(C)C)CC1. The van der Waals surface area contributed by atoms with E-state index in [1.165, 1.54) is 25.7 Å². The Morgan fingerprint density at radius 3 is 2.00 bits per heavy atom. The van der Waals surface area contributed by atoms with Crippen molar-refractivity contribution in [2.45, 2.75) is 65.0 Å². The average molecular weight is 243 g/mol. The third-order valence-corrected chi connectivity index (χ3v) is 4.06. The molecular weight excluding hydrogens is 214 g/mol. The van der Waals surface area contributed by atoms with Crippen LogP contribution in [0.3, 0.4) is 0 Å². The minimum absolute atomic E-state index is 0.183. The second-order valence-electron chi connectivity index (χ2n) is 6.95. The van der Waals surface area contributed by atoms with Crippen LogP contribution >= 0.6 is 0 Å². The van der Waals surface area contributed by atoms with Gasteiger partial charge in [-0.15, -0.1) is 0 Å². The van der Waals surface area contributed by atoms with E-state index in [0.717, 1.165) is 5.92 Å². The molecule has 1 atom stereocenters. The van der Waals surface area contributed by atoms with Gasteiger partial charge in [0.2, 0.25) is 0 Å². The summed E-state index contributed by atoms with van der Waals surface area (Å²) in [6.45, 7) is 8.93. The predicted molar refractivity (Wildman–Crippen MR) is 70.9 cm³/mol. The minimum Gasteiger partial charge on any atom is -0.393 e. The van der Waals surface area contributed by atoms with Crippen LogP contribution in [0.2, 0.25) is 0 Å². The number of aliphatic hydroxyl groups is 2. The largest absolute Gasteiger partial charge is 0.393 e. The molecule has 0 heterocycles. The number of nitrogens with one attached hydrogen (secondary N) is 1. The fourth-order valence-electron chi connectivity index (χ4n) is 2.58. The number of rotatable bonds is 4. The Morgan fingerprint density at radius 2 is 1.59 bits per heavy atom. The molecule has 1 aliphatic rings. The Kier molecular flexibility index (Phi) is 4.99. The van der Waals surface area contributed by atoms with Gasteiger partial charge in [0.05, 0.1) is 12.2 Å². The molecule has 17 heavy (non-hydrogen) atoms. The van der Waals surface area contributed by atoms with Crippen molar-refractivity contribution in [1.82, 2.24) is 5.32 Å². The summed E-state index contributed by atoms with van der Waals surface area (Å²) in [7, 11) is 0. The Bertz CT molecular complexity index is 225. The number of hydrogen-bond acceptors (Lipinski definition) is 3. The smallest absolute Gasteiger partial charge is 0.0972 e. The van der Waals surface area contributed by atoms with Crippen molar-refractivity contribution in [3.05, 3.63) is 0 Å². The van der Waals surface area contributed by atoms with Gasteiger partial charge in [0.1, 0.15) is 0 Å². The van der Waals surface area contributed by atoms with E-state index in [-0.39, 0.29) is 6.61 Å². The monoisotopic (exact) mass is 243 g/mol. The van der Waals surface area contributed by atoms with Gasteiger partial charge in [-0.25, -0.2) is 0 Å². The first-order valence-electron chi connectivity index (χ1n) is 6.81. The normalized spacial score (nSPS) is 30.0. The average Bonchev–Trinajstić information content (AvgIpc) is 2.26. The van der Waals surface area contributed by atoms with Gasteiger partial charge in [-0.05, 0) is 43.9 Å². The molecule has 0 amide bonds. The molecule has 3 nitrogen and oxygen atoms in total. The third-order valence-electron chi connectivity index (χ3n) is 4.06. The maximum absolute atomic E-state index is 9.72. The molecule has 0 radical (unpaired) electrons. The Balaban J connectivity index is 2.29. The lowest BCUT2D eigenvalue weighted by molar-refractivity contribution is -0.00112. The maximum atomic E-state index is 9.72. The van der Waals surface area contributed by atoms with Gasteiger partial charge < -0.3 is 15.5 Å². The lowest BCUT2D eigenvalue weighted by atomic mass is 9.71. The Labute approximate surface area is 106 Å². The second kappa shape index (κ2) is 5.68. The van der Waals surface area contributed by atoms with Crippen LogP contribution in [0, 0.1) is 11.3 Å². The van der Waals surface area contributed by atoms with E-state index in [1.807, 2.05) is 0 Å². The zero-order chi connectivity index (χ0) is 13.1. The Morgan fingerprint density at radius 1 is 1.06 bits per heavy atom. The molecule has 0 aromatic rings. The topological polar surface area (TPSA) is 52.5 Å². The van der Waals surface area contributed by atoms with Gasteiger partial charge in [0.25, 0.3) is 0 Å². The molecule has 0 aromatic heterocycles. The lowest BCUT2D eigenvalue weighted by Gasteiger charge is -2.38. The zero-order valence-corrected chi connectivity index (χ0v) is 11.8. The molecular formula is C14H29NO2. The first-order chi connectivity index (χ1) is 7.74. The summed E-state index contributed by atoms with van der Waals surface area (Å²) >= 11 is 0. The zero-order valence-electron chi connectivity index (χ0n) is 11.8. The first kappa shape index (κ1) is 14.9. The molecule has 0 aliphatic heterocycles. The summed E-state index contributed by atoms with van der Waals surface area (Å²) in [6.07, 6.45) is 4.90. The van der Waals surface area contributed by atoms with Gasteiger partial charge in [-0.1, -0.05) is 20.8 Å². The maximum Gasteiger partial charge on any atom is 0.0972 e. The van der Waals surface area contributed by atoms with Crippen molar-refractivity contribution in [2.75, 3.05) is 13.2 Å². The first-order valence-corrected chi connectivity index (χ1v) is 6.81. The summed E-state index contributed by atoms with van der Waals surface area (Å²) in [6, 6.07) is 0.506. The van der Waals surface area contributed by atoms with E-state index in [4.69, 9.17) is 5.11 Å².